The lowest BCUT2D eigenvalue weighted by Crippen LogP contribution is -2.61. The van der Waals surface area contributed by atoms with Gasteiger partial charge in [-0.3, -0.25) is 9.59 Å². The number of β-amino-alcohol motifs (C(OH)–C–C–N with tert-alkyl or cyclic N) is 1. The highest BCUT2D eigenvalue weighted by atomic mass is 16.3. The molecular formula is C20H26N2O4. The third-order valence-corrected chi connectivity index (χ3v) is 5.61. The van der Waals surface area contributed by atoms with Crippen LogP contribution in [0.2, 0.25) is 0 Å². The van der Waals surface area contributed by atoms with Gasteiger partial charge >= 0.3 is 0 Å². The van der Waals surface area contributed by atoms with E-state index in [4.69, 9.17) is 0 Å². The highest BCUT2D eigenvalue weighted by Crippen LogP contribution is 2.42. The van der Waals surface area contributed by atoms with Crippen molar-refractivity contribution < 1.29 is 19.8 Å². The molecule has 3 N–H and O–H groups in total. The number of hydrogen-bond donors (Lipinski definition) is 3. The SMILES string of the molecule is C=CC(=O)NCc1ccc(C(=O)N2C[C@@H](O)[C@@H](O)CC23CCCC3)cc1. The van der Waals surface area contributed by atoms with Crippen LogP contribution < -0.4 is 5.32 Å². The summed E-state index contributed by atoms with van der Waals surface area (Å²) in [6.07, 6.45) is 3.79. The molecule has 1 heterocycles. The molecule has 26 heavy (non-hydrogen) atoms. The molecule has 2 aliphatic rings. The van der Waals surface area contributed by atoms with Gasteiger partial charge in [0.25, 0.3) is 5.91 Å². The maximum atomic E-state index is 13.1. The molecule has 1 aliphatic carbocycles. The van der Waals surface area contributed by atoms with Crippen LogP contribution in [-0.2, 0) is 11.3 Å². The van der Waals surface area contributed by atoms with Gasteiger partial charge in [-0.05, 0) is 43.0 Å². The van der Waals surface area contributed by atoms with Crippen molar-refractivity contribution in [3.05, 3.63) is 48.0 Å². The number of piperidine rings is 1. The van der Waals surface area contributed by atoms with E-state index in [0.717, 1.165) is 31.2 Å². The van der Waals surface area contributed by atoms with Crippen molar-refractivity contribution in [2.24, 2.45) is 0 Å². The summed E-state index contributed by atoms with van der Waals surface area (Å²) in [6.45, 7) is 3.94. The molecule has 1 saturated heterocycles. The Morgan fingerprint density at radius 1 is 1.19 bits per heavy atom. The minimum absolute atomic E-state index is 0.112. The zero-order valence-corrected chi connectivity index (χ0v) is 14.9. The van der Waals surface area contributed by atoms with Crippen molar-refractivity contribution >= 4 is 11.8 Å². The first kappa shape index (κ1) is 18.6. The molecule has 1 saturated carbocycles. The predicted octanol–water partition coefficient (Wildman–Crippen LogP) is 1.37. The van der Waals surface area contributed by atoms with E-state index in [1.807, 2.05) is 12.1 Å². The second-order valence-corrected chi connectivity index (χ2v) is 7.30. The number of aliphatic hydroxyl groups is 2. The average Bonchev–Trinajstić information content (AvgIpc) is 3.11. The quantitative estimate of drug-likeness (QED) is 0.709. The lowest BCUT2D eigenvalue weighted by atomic mass is 9.82. The fourth-order valence-corrected chi connectivity index (χ4v) is 4.13. The number of nitrogens with one attached hydrogen (secondary N) is 1. The number of benzene rings is 1. The molecule has 1 aromatic carbocycles. The van der Waals surface area contributed by atoms with Gasteiger partial charge in [-0.2, -0.15) is 0 Å². The molecule has 1 aliphatic heterocycles. The summed E-state index contributed by atoms with van der Waals surface area (Å²) in [5, 5.41) is 22.9. The molecule has 0 radical (unpaired) electrons. The Labute approximate surface area is 153 Å². The largest absolute Gasteiger partial charge is 0.390 e. The topological polar surface area (TPSA) is 89.9 Å². The van der Waals surface area contributed by atoms with Crippen molar-refractivity contribution in [3.63, 3.8) is 0 Å². The van der Waals surface area contributed by atoms with E-state index in [0.29, 0.717) is 18.5 Å². The highest BCUT2D eigenvalue weighted by Gasteiger charge is 2.48. The maximum Gasteiger partial charge on any atom is 0.254 e. The van der Waals surface area contributed by atoms with Crippen LogP contribution in [0.1, 0.15) is 48.0 Å². The van der Waals surface area contributed by atoms with Crippen molar-refractivity contribution in [3.8, 4) is 0 Å². The van der Waals surface area contributed by atoms with E-state index in [-0.39, 0.29) is 23.9 Å². The summed E-state index contributed by atoms with van der Waals surface area (Å²) in [5.41, 5.74) is 1.10. The number of rotatable bonds is 4. The standard InChI is InChI=1S/C20H26N2O4/c1-2-18(25)21-12-14-5-7-15(8-6-14)19(26)22-13-17(24)16(23)11-20(22)9-3-4-10-20/h2,5-8,16-17,23-24H,1,3-4,9-13H2,(H,21,25)/t16-,17+/m0/s1. The second kappa shape index (κ2) is 7.60. The van der Waals surface area contributed by atoms with Gasteiger partial charge in [0.2, 0.25) is 5.91 Å². The Morgan fingerprint density at radius 2 is 1.85 bits per heavy atom. The van der Waals surface area contributed by atoms with E-state index in [1.54, 1.807) is 17.0 Å². The van der Waals surface area contributed by atoms with Crippen LogP contribution in [0.25, 0.3) is 0 Å². The summed E-state index contributed by atoms with van der Waals surface area (Å²) in [6, 6.07) is 7.12. The molecule has 1 aromatic rings. The number of amides is 2. The molecule has 2 amide bonds. The molecular weight excluding hydrogens is 332 g/mol. The number of carbonyl (C=O) groups excluding carboxylic acids is 2. The minimum atomic E-state index is -0.904. The molecule has 0 bridgehead atoms. The van der Waals surface area contributed by atoms with Crippen LogP contribution in [-0.4, -0.2) is 51.2 Å². The molecule has 2 fully saturated rings. The van der Waals surface area contributed by atoms with Crippen molar-refractivity contribution in [2.75, 3.05) is 6.54 Å². The summed E-state index contributed by atoms with van der Waals surface area (Å²) in [7, 11) is 0. The summed E-state index contributed by atoms with van der Waals surface area (Å²) in [5.74, 6) is -0.353. The van der Waals surface area contributed by atoms with E-state index in [1.165, 1.54) is 6.08 Å². The van der Waals surface area contributed by atoms with E-state index < -0.39 is 12.2 Å². The molecule has 0 unspecified atom stereocenters. The van der Waals surface area contributed by atoms with Crippen molar-refractivity contribution in [2.45, 2.75) is 56.4 Å². The fourth-order valence-electron chi connectivity index (χ4n) is 4.13. The minimum Gasteiger partial charge on any atom is -0.390 e. The van der Waals surface area contributed by atoms with Gasteiger partial charge in [0, 0.05) is 17.6 Å². The van der Waals surface area contributed by atoms with Gasteiger partial charge in [0.15, 0.2) is 0 Å². The first-order chi connectivity index (χ1) is 12.4. The van der Waals surface area contributed by atoms with Crippen molar-refractivity contribution in [1.29, 1.82) is 0 Å². The molecule has 2 atom stereocenters. The highest BCUT2D eigenvalue weighted by molar-refractivity contribution is 5.95. The van der Waals surface area contributed by atoms with Crippen LogP contribution in [0.4, 0.5) is 0 Å². The summed E-state index contributed by atoms with van der Waals surface area (Å²) in [4.78, 5) is 26.1. The number of hydrogen-bond acceptors (Lipinski definition) is 4. The number of likely N-dealkylation sites (tertiary alicyclic amines) is 1. The van der Waals surface area contributed by atoms with Crippen LogP contribution in [0, 0.1) is 0 Å². The van der Waals surface area contributed by atoms with E-state index in [2.05, 4.69) is 11.9 Å². The number of nitrogens with zero attached hydrogens (tertiary/aromatic N) is 1. The van der Waals surface area contributed by atoms with Crippen LogP contribution in [0.5, 0.6) is 0 Å². The van der Waals surface area contributed by atoms with Crippen molar-refractivity contribution in [1.82, 2.24) is 10.2 Å². The van der Waals surface area contributed by atoms with Gasteiger partial charge in [-0.1, -0.05) is 31.6 Å². The molecule has 1 spiro atoms. The Balaban J connectivity index is 1.74. The van der Waals surface area contributed by atoms with Gasteiger partial charge in [0.1, 0.15) is 0 Å². The normalized spacial score (nSPS) is 24.5. The van der Waals surface area contributed by atoms with E-state index in [9.17, 15) is 19.8 Å². The van der Waals surface area contributed by atoms with E-state index >= 15 is 0 Å². The Kier molecular flexibility index (Phi) is 5.44. The number of carbonyl (C=O) groups is 2. The average molecular weight is 358 g/mol. The zero-order chi connectivity index (χ0) is 18.7. The van der Waals surface area contributed by atoms with Crippen LogP contribution >= 0.6 is 0 Å². The maximum absolute atomic E-state index is 13.1. The molecule has 140 valence electrons. The smallest absolute Gasteiger partial charge is 0.254 e. The Hall–Kier alpha value is -2.18. The summed E-state index contributed by atoms with van der Waals surface area (Å²) >= 11 is 0. The molecule has 6 heteroatoms. The lowest BCUT2D eigenvalue weighted by Gasteiger charge is -2.48. The van der Waals surface area contributed by atoms with Gasteiger partial charge < -0.3 is 20.4 Å². The predicted molar refractivity (Wildman–Crippen MR) is 97.4 cm³/mol. The first-order valence-electron chi connectivity index (χ1n) is 9.12. The Bertz CT molecular complexity index is 680. The van der Waals surface area contributed by atoms with Gasteiger partial charge in [-0.15, -0.1) is 0 Å². The second-order valence-electron chi connectivity index (χ2n) is 7.30. The summed E-state index contributed by atoms with van der Waals surface area (Å²) < 4.78 is 0. The molecule has 3 rings (SSSR count). The first-order valence-corrected chi connectivity index (χ1v) is 9.12. The molecule has 0 aromatic heterocycles. The van der Waals surface area contributed by atoms with Gasteiger partial charge in [-0.25, -0.2) is 0 Å². The third-order valence-electron chi connectivity index (χ3n) is 5.61. The zero-order valence-electron chi connectivity index (χ0n) is 14.9. The van der Waals surface area contributed by atoms with Crippen LogP contribution in [0.15, 0.2) is 36.9 Å². The van der Waals surface area contributed by atoms with Gasteiger partial charge in [0.05, 0.1) is 18.8 Å². The molecule has 6 nitrogen and oxygen atoms in total. The lowest BCUT2D eigenvalue weighted by molar-refractivity contribution is -0.116. The fraction of sp³-hybridized carbons (Fsp3) is 0.500. The third kappa shape index (κ3) is 3.66. The Morgan fingerprint density at radius 3 is 2.46 bits per heavy atom. The number of aliphatic hydroxyl groups excluding tert-OH is 2. The van der Waals surface area contributed by atoms with Crippen LogP contribution in [0.3, 0.4) is 0 Å². The monoisotopic (exact) mass is 358 g/mol.